The van der Waals surface area contributed by atoms with Crippen LogP contribution < -0.4 is 4.74 Å². The maximum Gasteiger partial charge on any atom is 0.347 e. The van der Waals surface area contributed by atoms with Crippen LogP contribution in [0.3, 0.4) is 0 Å². The predicted octanol–water partition coefficient (Wildman–Crippen LogP) is 4.33. The Labute approximate surface area is 166 Å². The first kappa shape index (κ1) is 21.0. The van der Waals surface area contributed by atoms with Gasteiger partial charge in [0.05, 0.1) is 10.7 Å². The van der Waals surface area contributed by atoms with E-state index >= 15 is 0 Å². The second-order valence-corrected chi connectivity index (χ2v) is 6.89. The summed E-state index contributed by atoms with van der Waals surface area (Å²) in [6.07, 6.45) is -0.976. The van der Waals surface area contributed by atoms with E-state index in [2.05, 4.69) is 4.98 Å². The fourth-order valence-electron chi connectivity index (χ4n) is 2.69. The molecule has 27 heavy (non-hydrogen) atoms. The van der Waals surface area contributed by atoms with Gasteiger partial charge < -0.3 is 14.5 Å². The number of carbonyl (C=O) groups is 3. The summed E-state index contributed by atoms with van der Waals surface area (Å²) >= 11 is 11.8. The highest BCUT2D eigenvalue weighted by Crippen LogP contribution is 2.28. The number of ketones is 2. The normalized spacial score (nSPS) is 11.8. The van der Waals surface area contributed by atoms with Crippen molar-refractivity contribution in [2.45, 2.75) is 33.8 Å². The molecular weight excluding hydrogens is 393 g/mol. The van der Waals surface area contributed by atoms with Gasteiger partial charge in [-0.1, -0.05) is 23.2 Å². The number of H-pyrrole nitrogens is 1. The van der Waals surface area contributed by atoms with Crippen LogP contribution in [0.25, 0.3) is 0 Å². The first-order chi connectivity index (χ1) is 12.6. The molecule has 0 unspecified atom stereocenters. The van der Waals surface area contributed by atoms with Crippen LogP contribution in [0.15, 0.2) is 18.2 Å². The Balaban J connectivity index is 1.99. The lowest BCUT2D eigenvalue weighted by atomic mass is 10.1. The summed E-state index contributed by atoms with van der Waals surface area (Å²) in [6, 6.07) is 4.60. The Morgan fingerprint density at radius 3 is 2.41 bits per heavy atom. The van der Waals surface area contributed by atoms with Crippen molar-refractivity contribution in [3.8, 4) is 5.75 Å². The van der Waals surface area contributed by atoms with Crippen LogP contribution >= 0.6 is 23.2 Å². The fourth-order valence-corrected chi connectivity index (χ4v) is 3.15. The zero-order chi connectivity index (χ0) is 20.3. The predicted molar refractivity (Wildman–Crippen MR) is 102 cm³/mol. The highest BCUT2D eigenvalue weighted by molar-refractivity contribution is 6.35. The minimum Gasteiger partial charge on any atom is -0.477 e. The number of ether oxygens (including phenoxy) is 2. The molecule has 0 bridgehead atoms. The van der Waals surface area contributed by atoms with Crippen molar-refractivity contribution in [3.63, 3.8) is 0 Å². The molecule has 0 radical (unpaired) electrons. The van der Waals surface area contributed by atoms with Gasteiger partial charge in [-0.2, -0.15) is 0 Å². The average molecular weight is 412 g/mol. The van der Waals surface area contributed by atoms with Gasteiger partial charge in [0.25, 0.3) is 0 Å². The lowest BCUT2D eigenvalue weighted by Crippen LogP contribution is -2.28. The van der Waals surface area contributed by atoms with Crippen molar-refractivity contribution in [1.29, 1.82) is 0 Å². The number of esters is 1. The third-order valence-electron chi connectivity index (χ3n) is 3.94. The molecule has 1 N–H and O–H groups in total. The average Bonchev–Trinajstić information content (AvgIpc) is 2.89. The summed E-state index contributed by atoms with van der Waals surface area (Å²) in [7, 11) is 0. The zero-order valence-corrected chi connectivity index (χ0v) is 16.8. The van der Waals surface area contributed by atoms with E-state index in [0.29, 0.717) is 21.8 Å². The number of aryl methyl sites for hydroxylation is 1. The van der Waals surface area contributed by atoms with Crippen LogP contribution in [0.5, 0.6) is 5.75 Å². The fraction of sp³-hybridized carbons (Fsp3) is 0.316. The van der Waals surface area contributed by atoms with Gasteiger partial charge in [0.2, 0.25) is 5.78 Å². The third-order valence-corrected chi connectivity index (χ3v) is 4.47. The number of carbonyl (C=O) groups excluding carboxylic acids is 3. The third kappa shape index (κ3) is 4.90. The number of hydrogen-bond donors (Lipinski definition) is 1. The molecule has 1 aromatic carbocycles. The van der Waals surface area contributed by atoms with Crippen molar-refractivity contribution in [1.82, 2.24) is 4.98 Å². The lowest BCUT2D eigenvalue weighted by molar-refractivity contribution is -0.149. The van der Waals surface area contributed by atoms with Gasteiger partial charge in [-0.3, -0.25) is 9.59 Å². The van der Waals surface area contributed by atoms with E-state index in [1.54, 1.807) is 19.9 Å². The van der Waals surface area contributed by atoms with Gasteiger partial charge in [0.15, 0.2) is 18.5 Å². The number of benzene rings is 1. The highest BCUT2D eigenvalue weighted by Gasteiger charge is 2.23. The summed E-state index contributed by atoms with van der Waals surface area (Å²) in [5.74, 6) is -1.02. The van der Waals surface area contributed by atoms with E-state index in [9.17, 15) is 14.4 Å². The molecule has 1 atom stereocenters. The van der Waals surface area contributed by atoms with Gasteiger partial charge in [-0.15, -0.1) is 0 Å². The molecule has 1 heterocycles. The molecule has 144 valence electrons. The smallest absolute Gasteiger partial charge is 0.347 e. The van der Waals surface area contributed by atoms with Crippen LogP contribution in [0.2, 0.25) is 10.0 Å². The van der Waals surface area contributed by atoms with E-state index in [-0.39, 0.29) is 22.2 Å². The second kappa shape index (κ2) is 8.59. The Morgan fingerprint density at radius 1 is 1.19 bits per heavy atom. The van der Waals surface area contributed by atoms with E-state index in [1.807, 2.05) is 0 Å². The molecule has 0 aliphatic heterocycles. The van der Waals surface area contributed by atoms with Crippen molar-refractivity contribution >= 4 is 40.7 Å². The SMILES string of the molecule is CC(=O)c1c(C)[nH]c(C(=O)COC(=O)[C@H](C)Oc2ccc(Cl)cc2Cl)c1C. The summed E-state index contributed by atoms with van der Waals surface area (Å²) in [5, 5.41) is 0.696. The van der Waals surface area contributed by atoms with Crippen molar-refractivity contribution in [2.24, 2.45) is 0 Å². The quantitative estimate of drug-likeness (QED) is 0.540. The van der Waals surface area contributed by atoms with Gasteiger partial charge in [-0.05, 0) is 51.5 Å². The van der Waals surface area contributed by atoms with Gasteiger partial charge in [-0.25, -0.2) is 4.79 Å². The summed E-state index contributed by atoms with van der Waals surface area (Å²) in [5.41, 5.74) is 1.86. The first-order valence-electron chi connectivity index (χ1n) is 8.13. The molecule has 0 amide bonds. The molecule has 0 saturated carbocycles. The van der Waals surface area contributed by atoms with Crippen LogP contribution in [0.1, 0.15) is 46.0 Å². The standard InChI is InChI=1S/C19H19Cl2NO5/c1-9-17(11(3)23)10(2)22-18(9)15(24)8-26-19(25)12(4)27-16-6-5-13(20)7-14(16)21/h5-7,12,22H,8H2,1-4H3/t12-/m0/s1. The van der Waals surface area contributed by atoms with E-state index < -0.39 is 24.5 Å². The minimum atomic E-state index is -0.976. The Kier molecular flexibility index (Phi) is 6.68. The van der Waals surface area contributed by atoms with E-state index in [4.69, 9.17) is 32.7 Å². The number of aromatic nitrogens is 1. The molecule has 8 heteroatoms. The number of halogens is 2. The monoisotopic (exact) mass is 411 g/mol. The van der Waals surface area contributed by atoms with E-state index in [1.165, 1.54) is 26.0 Å². The Hall–Kier alpha value is -2.31. The largest absolute Gasteiger partial charge is 0.477 e. The number of nitrogens with one attached hydrogen (secondary N) is 1. The molecule has 0 spiro atoms. The van der Waals surface area contributed by atoms with Crippen LogP contribution in [0, 0.1) is 13.8 Å². The molecule has 0 saturated heterocycles. The summed E-state index contributed by atoms with van der Waals surface area (Å²) in [6.45, 7) is 5.81. The highest BCUT2D eigenvalue weighted by atomic mass is 35.5. The number of Topliss-reactive ketones (excluding diaryl/α,β-unsaturated/α-hetero) is 2. The van der Waals surface area contributed by atoms with Gasteiger partial charge in [0.1, 0.15) is 5.75 Å². The first-order valence-corrected chi connectivity index (χ1v) is 8.89. The zero-order valence-electron chi connectivity index (χ0n) is 15.3. The number of aromatic amines is 1. The van der Waals surface area contributed by atoms with Crippen LogP contribution in [0.4, 0.5) is 0 Å². The second-order valence-electron chi connectivity index (χ2n) is 6.05. The molecule has 0 aliphatic carbocycles. The Bertz CT molecular complexity index is 904. The molecule has 6 nitrogen and oxygen atoms in total. The minimum absolute atomic E-state index is 0.140. The van der Waals surface area contributed by atoms with Crippen molar-refractivity contribution in [2.75, 3.05) is 6.61 Å². The van der Waals surface area contributed by atoms with Crippen molar-refractivity contribution in [3.05, 3.63) is 50.8 Å². The molecule has 2 rings (SSSR count). The summed E-state index contributed by atoms with van der Waals surface area (Å²) in [4.78, 5) is 39.0. The number of hydrogen-bond acceptors (Lipinski definition) is 5. The van der Waals surface area contributed by atoms with E-state index in [0.717, 1.165) is 0 Å². The van der Waals surface area contributed by atoms with Crippen molar-refractivity contribution < 1.29 is 23.9 Å². The Morgan fingerprint density at radius 2 is 1.85 bits per heavy atom. The van der Waals surface area contributed by atoms with Crippen LogP contribution in [-0.2, 0) is 9.53 Å². The van der Waals surface area contributed by atoms with Gasteiger partial charge >= 0.3 is 5.97 Å². The van der Waals surface area contributed by atoms with Gasteiger partial charge in [0, 0.05) is 16.3 Å². The molecule has 2 aromatic rings. The molecular formula is C19H19Cl2NO5. The topological polar surface area (TPSA) is 85.5 Å². The van der Waals surface area contributed by atoms with Crippen LogP contribution in [-0.4, -0.2) is 35.2 Å². The lowest BCUT2D eigenvalue weighted by Gasteiger charge is -2.14. The summed E-state index contributed by atoms with van der Waals surface area (Å²) < 4.78 is 10.5. The molecule has 0 aliphatic rings. The molecule has 1 aromatic heterocycles. The number of rotatable bonds is 7. The molecule has 0 fully saturated rings. The maximum atomic E-state index is 12.3. The maximum absolute atomic E-state index is 12.3.